The van der Waals surface area contributed by atoms with Gasteiger partial charge in [0.25, 0.3) is 0 Å². The van der Waals surface area contributed by atoms with Gasteiger partial charge in [-0.05, 0) is 6.92 Å². The van der Waals surface area contributed by atoms with Gasteiger partial charge in [-0.25, -0.2) is 4.68 Å². The van der Waals surface area contributed by atoms with E-state index in [0.717, 1.165) is 5.56 Å². The fourth-order valence-electron chi connectivity index (χ4n) is 1.23. The van der Waals surface area contributed by atoms with E-state index in [9.17, 15) is 4.79 Å². The Kier molecular flexibility index (Phi) is 2.17. The van der Waals surface area contributed by atoms with Gasteiger partial charge in [-0.1, -0.05) is 0 Å². The fourth-order valence-corrected chi connectivity index (χ4v) is 1.23. The molecule has 0 spiro atoms. The van der Waals surface area contributed by atoms with Crippen LogP contribution in [-0.2, 0) is 7.05 Å². The zero-order valence-corrected chi connectivity index (χ0v) is 7.71. The maximum absolute atomic E-state index is 11.0. The van der Waals surface area contributed by atoms with Crippen molar-refractivity contribution in [2.24, 2.45) is 7.05 Å². The monoisotopic (exact) mass is 168 g/mol. The van der Waals surface area contributed by atoms with Crippen molar-refractivity contribution in [1.29, 1.82) is 0 Å². The number of aryl methyl sites for hydroxylation is 1. The van der Waals surface area contributed by atoms with E-state index in [-0.39, 0.29) is 5.78 Å². The third-order valence-corrected chi connectivity index (χ3v) is 1.75. The summed E-state index contributed by atoms with van der Waals surface area (Å²) in [5.74, 6) is 0.603. The zero-order valence-electron chi connectivity index (χ0n) is 7.71. The van der Waals surface area contributed by atoms with E-state index in [1.165, 1.54) is 6.92 Å². The molecule has 0 saturated carbocycles. The molecule has 0 fully saturated rings. The van der Waals surface area contributed by atoms with Crippen molar-refractivity contribution in [1.82, 2.24) is 9.78 Å². The summed E-state index contributed by atoms with van der Waals surface area (Å²) in [4.78, 5) is 11.0. The second kappa shape index (κ2) is 2.97. The van der Waals surface area contributed by atoms with Gasteiger partial charge in [0.05, 0.1) is 7.11 Å². The van der Waals surface area contributed by atoms with E-state index in [1.807, 2.05) is 6.92 Å². The van der Waals surface area contributed by atoms with Crippen molar-refractivity contribution < 1.29 is 9.53 Å². The van der Waals surface area contributed by atoms with Crippen LogP contribution >= 0.6 is 0 Å². The molecule has 1 aromatic heterocycles. The number of Topliss-reactive ketones (excluding diaryl/α,β-unsaturated/α-hetero) is 1. The first kappa shape index (κ1) is 8.77. The van der Waals surface area contributed by atoms with Crippen molar-refractivity contribution in [2.45, 2.75) is 13.8 Å². The highest BCUT2D eigenvalue weighted by Crippen LogP contribution is 2.19. The molecule has 0 saturated heterocycles. The standard InChI is InChI=1S/C8H12N2O2/c1-5-7(6(2)11)9-10(3)8(5)12-4/h1-4H3. The van der Waals surface area contributed by atoms with Crippen molar-refractivity contribution in [3.05, 3.63) is 11.3 Å². The van der Waals surface area contributed by atoms with E-state index >= 15 is 0 Å². The first-order valence-corrected chi connectivity index (χ1v) is 3.66. The molecule has 0 bridgehead atoms. The normalized spacial score (nSPS) is 10.0. The SMILES string of the molecule is COc1c(C)c(C(C)=O)nn1C. The molecule has 1 aromatic rings. The average molecular weight is 168 g/mol. The molecule has 0 atom stereocenters. The maximum atomic E-state index is 11.0. The number of ether oxygens (including phenoxy) is 1. The highest BCUT2D eigenvalue weighted by Gasteiger charge is 2.15. The first-order chi connectivity index (χ1) is 5.57. The molecule has 0 aliphatic rings. The summed E-state index contributed by atoms with van der Waals surface area (Å²) in [7, 11) is 3.31. The fraction of sp³-hybridized carbons (Fsp3) is 0.500. The molecule has 1 rings (SSSR count). The molecule has 0 aliphatic carbocycles. The molecule has 12 heavy (non-hydrogen) atoms. The quantitative estimate of drug-likeness (QED) is 0.617. The van der Waals surface area contributed by atoms with E-state index in [4.69, 9.17) is 4.74 Å². The number of aromatic nitrogens is 2. The van der Waals surface area contributed by atoms with E-state index in [1.54, 1.807) is 18.8 Å². The van der Waals surface area contributed by atoms with Gasteiger partial charge < -0.3 is 4.74 Å². The van der Waals surface area contributed by atoms with Crippen LogP contribution in [0.25, 0.3) is 0 Å². The van der Waals surface area contributed by atoms with Crippen molar-refractivity contribution >= 4 is 5.78 Å². The molecule has 4 heteroatoms. The highest BCUT2D eigenvalue weighted by molar-refractivity contribution is 5.94. The second-order valence-electron chi connectivity index (χ2n) is 2.66. The second-order valence-corrected chi connectivity index (χ2v) is 2.66. The van der Waals surface area contributed by atoms with E-state index < -0.39 is 0 Å². The Bertz CT molecular complexity index is 315. The summed E-state index contributed by atoms with van der Waals surface area (Å²) in [6.45, 7) is 3.32. The van der Waals surface area contributed by atoms with Gasteiger partial charge in [0.1, 0.15) is 5.69 Å². The summed E-state index contributed by atoms with van der Waals surface area (Å²) < 4.78 is 6.62. The molecule has 0 aliphatic heterocycles. The van der Waals surface area contributed by atoms with Crippen LogP contribution in [0, 0.1) is 6.92 Å². The molecular weight excluding hydrogens is 156 g/mol. The minimum atomic E-state index is -0.0357. The predicted molar refractivity (Wildman–Crippen MR) is 44.5 cm³/mol. The predicted octanol–water partition coefficient (Wildman–Crippen LogP) is 0.940. The number of methoxy groups -OCH3 is 1. The van der Waals surface area contributed by atoms with Crippen molar-refractivity contribution in [3.63, 3.8) is 0 Å². The van der Waals surface area contributed by atoms with Crippen LogP contribution in [0.3, 0.4) is 0 Å². The van der Waals surface area contributed by atoms with Gasteiger partial charge in [-0.2, -0.15) is 5.10 Å². The summed E-state index contributed by atoms with van der Waals surface area (Å²) in [5, 5.41) is 4.02. The van der Waals surface area contributed by atoms with Crippen LogP contribution in [0.5, 0.6) is 5.88 Å². The van der Waals surface area contributed by atoms with Gasteiger partial charge in [-0.15, -0.1) is 0 Å². The minimum absolute atomic E-state index is 0.0357. The number of ketones is 1. The lowest BCUT2D eigenvalue weighted by Gasteiger charge is -1.98. The molecular formula is C8H12N2O2. The van der Waals surface area contributed by atoms with Crippen LogP contribution in [0.15, 0.2) is 0 Å². The van der Waals surface area contributed by atoms with Gasteiger partial charge in [0.2, 0.25) is 5.88 Å². The summed E-state index contributed by atoms with van der Waals surface area (Å²) >= 11 is 0. The lowest BCUT2D eigenvalue weighted by Crippen LogP contribution is -1.97. The third-order valence-electron chi connectivity index (χ3n) is 1.75. The first-order valence-electron chi connectivity index (χ1n) is 3.66. The summed E-state index contributed by atoms with van der Waals surface area (Å²) in [5.41, 5.74) is 1.28. The van der Waals surface area contributed by atoms with Crippen molar-refractivity contribution in [2.75, 3.05) is 7.11 Å². The maximum Gasteiger partial charge on any atom is 0.214 e. The zero-order chi connectivity index (χ0) is 9.30. The number of rotatable bonds is 2. The Morgan fingerprint density at radius 2 is 2.17 bits per heavy atom. The molecule has 0 unspecified atom stereocenters. The molecule has 0 radical (unpaired) electrons. The van der Waals surface area contributed by atoms with Crippen LogP contribution in [0.4, 0.5) is 0 Å². The van der Waals surface area contributed by atoms with Crippen LogP contribution in [0.2, 0.25) is 0 Å². The Morgan fingerprint density at radius 3 is 2.42 bits per heavy atom. The topological polar surface area (TPSA) is 44.1 Å². The lowest BCUT2D eigenvalue weighted by atomic mass is 10.2. The number of carbonyl (C=O) groups is 1. The van der Waals surface area contributed by atoms with Gasteiger partial charge in [-0.3, -0.25) is 4.79 Å². The lowest BCUT2D eigenvalue weighted by molar-refractivity contribution is 0.101. The molecule has 66 valence electrons. The average Bonchev–Trinajstić information content (AvgIpc) is 2.27. The molecule has 4 nitrogen and oxygen atoms in total. The summed E-state index contributed by atoms with van der Waals surface area (Å²) in [6, 6.07) is 0. The van der Waals surface area contributed by atoms with Crippen molar-refractivity contribution in [3.8, 4) is 5.88 Å². The molecule has 0 aromatic carbocycles. The van der Waals surface area contributed by atoms with Crippen LogP contribution in [0.1, 0.15) is 23.0 Å². The van der Waals surface area contributed by atoms with Crippen LogP contribution in [-0.4, -0.2) is 22.7 Å². The van der Waals surface area contributed by atoms with E-state index in [2.05, 4.69) is 5.10 Å². The number of hydrogen-bond acceptors (Lipinski definition) is 3. The number of hydrogen-bond donors (Lipinski definition) is 0. The summed E-state index contributed by atoms with van der Waals surface area (Å²) in [6.07, 6.45) is 0. The largest absolute Gasteiger partial charge is 0.481 e. The Hall–Kier alpha value is -1.32. The van der Waals surface area contributed by atoms with Gasteiger partial charge in [0, 0.05) is 19.5 Å². The molecule has 0 N–H and O–H groups in total. The minimum Gasteiger partial charge on any atom is -0.481 e. The van der Waals surface area contributed by atoms with E-state index in [0.29, 0.717) is 11.6 Å². The van der Waals surface area contributed by atoms with Gasteiger partial charge in [0.15, 0.2) is 5.78 Å². The highest BCUT2D eigenvalue weighted by atomic mass is 16.5. The molecule has 0 amide bonds. The van der Waals surface area contributed by atoms with Gasteiger partial charge >= 0.3 is 0 Å². The Morgan fingerprint density at radius 1 is 1.58 bits per heavy atom. The molecule has 1 heterocycles. The third kappa shape index (κ3) is 1.20. The van der Waals surface area contributed by atoms with Crippen LogP contribution < -0.4 is 4.74 Å². The number of carbonyl (C=O) groups excluding carboxylic acids is 1. The smallest absolute Gasteiger partial charge is 0.214 e. The number of nitrogens with zero attached hydrogens (tertiary/aromatic N) is 2. The Labute approximate surface area is 71.1 Å². The Balaban J connectivity index is 3.26.